The number of anilines is 1. The Morgan fingerprint density at radius 3 is 2.84 bits per heavy atom. The normalized spacial score (nSPS) is 12.9. The van der Waals surface area contributed by atoms with E-state index in [9.17, 15) is 9.59 Å². The van der Waals surface area contributed by atoms with Gasteiger partial charge in [0.25, 0.3) is 0 Å². The van der Waals surface area contributed by atoms with Crippen molar-refractivity contribution < 1.29 is 19.1 Å². The predicted octanol–water partition coefficient (Wildman–Crippen LogP) is 1.41. The van der Waals surface area contributed by atoms with Gasteiger partial charge in [-0.05, 0) is 24.1 Å². The fourth-order valence-corrected chi connectivity index (χ4v) is 3.25. The van der Waals surface area contributed by atoms with E-state index in [1.165, 1.54) is 12.4 Å². The predicted molar refractivity (Wildman–Crippen MR) is 114 cm³/mol. The minimum absolute atomic E-state index is 0.0162. The number of nitrogens with zero attached hydrogens (tertiary/aromatic N) is 4. The van der Waals surface area contributed by atoms with E-state index < -0.39 is 11.9 Å². The number of benzene rings is 1. The van der Waals surface area contributed by atoms with Crippen LogP contribution in [0.4, 0.5) is 5.82 Å². The van der Waals surface area contributed by atoms with E-state index in [0.29, 0.717) is 17.3 Å². The molecule has 0 spiro atoms. The van der Waals surface area contributed by atoms with Gasteiger partial charge in [0, 0.05) is 31.4 Å². The highest BCUT2D eigenvalue weighted by Gasteiger charge is 2.21. The van der Waals surface area contributed by atoms with Gasteiger partial charge in [-0.1, -0.05) is 17.7 Å². The van der Waals surface area contributed by atoms with Gasteiger partial charge in [-0.3, -0.25) is 14.2 Å². The van der Waals surface area contributed by atoms with Gasteiger partial charge in [0.15, 0.2) is 11.5 Å². The van der Waals surface area contributed by atoms with E-state index in [4.69, 9.17) is 26.8 Å². The van der Waals surface area contributed by atoms with Crippen molar-refractivity contribution >= 4 is 29.2 Å². The van der Waals surface area contributed by atoms with E-state index in [0.717, 1.165) is 5.56 Å². The number of hydrogen-bond acceptors (Lipinski definition) is 8. The third-order valence-corrected chi connectivity index (χ3v) is 4.83. The van der Waals surface area contributed by atoms with Gasteiger partial charge in [0.05, 0.1) is 0 Å². The van der Waals surface area contributed by atoms with Gasteiger partial charge >= 0.3 is 0 Å². The highest BCUT2D eigenvalue weighted by molar-refractivity contribution is 6.29. The quantitative estimate of drug-likeness (QED) is 0.409. The number of aromatic nitrogens is 4. The Morgan fingerprint density at radius 1 is 1.22 bits per heavy atom. The lowest BCUT2D eigenvalue weighted by Crippen LogP contribution is -2.40. The standard InChI is InChI=1S/C20H20ClN7O4/c21-16-8-18(27-20(26-16)28-6-5-23-10-28)25-13(2-4-17(22)29)19(30)24-9-12-1-3-14-15(7-12)32-11-31-14/h1,3,5-8,10,13H,2,4,9,11H2,(H2,22,29)(H,24,30)(H,25,26,27). The molecule has 0 aliphatic carbocycles. The first-order valence-electron chi connectivity index (χ1n) is 9.72. The zero-order chi connectivity index (χ0) is 22.5. The molecule has 1 atom stereocenters. The highest BCUT2D eigenvalue weighted by atomic mass is 35.5. The molecule has 3 aromatic rings. The van der Waals surface area contributed by atoms with Crippen LogP contribution in [0.1, 0.15) is 18.4 Å². The molecule has 166 valence electrons. The Labute approximate surface area is 187 Å². The van der Waals surface area contributed by atoms with Crippen molar-refractivity contribution in [3.8, 4) is 17.4 Å². The molecule has 1 unspecified atom stereocenters. The van der Waals surface area contributed by atoms with Crippen molar-refractivity contribution in [1.29, 1.82) is 0 Å². The summed E-state index contributed by atoms with van der Waals surface area (Å²) in [6, 6.07) is 6.13. The minimum atomic E-state index is -0.780. The molecule has 0 saturated heterocycles. The first kappa shape index (κ1) is 21.4. The second kappa shape index (κ2) is 9.52. The number of halogens is 1. The van der Waals surface area contributed by atoms with Gasteiger partial charge in [-0.2, -0.15) is 4.98 Å². The lowest BCUT2D eigenvalue weighted by molar-refractivity contribution is -0.122. The Kier molecular flexibility index (Phi) is 6.36. The average Bonchev–Trinajstić information content (AvgIpc) is 3.46. The number of carbonyl (C=O) groups excluding carboxylic acids is 2. The summed E-state index contributed by atoms with van der Waals surface area (Å²) in [5, 5.41) is 6.05. The van der Waals surface area contributed by atoms with Crippen molar-refractivity contribution in [2.45, 2.75) is 25.4 Å². The second-order valence-electron chi connectivity index (χ2n) is 6.95. The van der Waals surface area contributed by atoms with Crippen LogP contribution in [0.25, 0.3) is 5.95 Å². The Morgan fingerprint density at radius 2 is 2.06 bits per heavy atom. The number of amides is 2. The molecule has 0 fully saturated rings. The molecule has 0 saturated carbocycles. The third-order valence-electron chi connectivity index (χ3n) is 4.64. The minimum Gasteiger partial charge on any atom is -0.454 e. The zero-order valence-electron chi connectivity index (χ0n) is 16.8. The first-order chi connectivity index (χ1) is 15.5. The molecular formula is C20H20ClN7O4. The summed E-state index contributed by atoms with van der Waals surface area (Å²) in [5.41, 5.74) is 6.12. The van der Waals surface area contributed by atoms with Gasteiger partial charge in [-0.15, -0.1) is 0 Å². The topological polar surface area (TPSA) is 146 Å². The number of rotatable bonds is 9. The molecule has 3 heterocycles. The number of carbonyl (C=O) groups is 2. The Bertz CT molecular complexity index is 1120. The lowest BCUT2D eigenvalue weighted by Gasteiger charge is -2.19. The molecule has 2 aromatic heterocycles. The van der Waals surface area contributed by atoms with Gasteiger partial charge in [0.1, 0.15) is 23.3 Å². The van der Waals surface area contributed by atoms with Crippen molar-refractivity contribution in [1.82, 2.24) is 24.8 Å². The SMILES string of the molecule is NC(=O)CCC(Nc1cc(Cl)nc(-n2ccnc2)n1)C(=O)NCc1ccc2c(c1)OCO2. The summed E-state index contributed by atoms with van der Waals surface area (Å²) < 4.78 is 12.2. The van der Waals surface area contributed by atoms with E-state index in [-0.39, 0.29) is 43.2 Å². The van der Waals surface area contributed by atoms with Crippen molar-refractivity contribution in [3.63, 3.8) is 0 Å². The summed E-state index contributed by atoms with van der Waals surface area (Å²) >= 11 is 6.12. The number of nitrogens with one attached hydrogen (secondary N) is 2. The molecule has 12 heteroatoms. The van der Waals surface area contributed by atoms with Gasteiger partial charge in [0.2, 0.25) is 24.6 Å². The van der Waals surface area contributed by atoms with Crippen LogP contribution in [0.15, 0.2) is 43.0 Å². The third kappa shape index (κ3) is 5.24. The molecule has 32 heavy (non-hydrogen) atoms. The van der Waals surface area contributed by atoms with E-state index in [2.05, 4.69) is 25.6 Å². The summed E-state index contributed by atoms with van der Waals surface area (Å²) in [5.74, 6) is 1.05. The van der Waals surface area contributed by atoms with Crippen LogP contribution in [-0.2, 0) is 16.1 Å². The van der Waals surface area contributed by atoms with Crippen LogP contribution >= 0.6 is 11.6 Å². The van der Waals surface area contributed by atoms with Crippen LogP contribution < -0.4 is 25.8 Å². The number of fused-ring (bicyclic) bond motifs is 1. The molecule has 4 N–H and O–H groups in total. The van der Waals surface area contributed by atoms with Crippen LogP contribution in [-0.4, -0.2) is 44.2 Å². The maximum absolute atomic E-state index is 12.9. The maximum atomic E-state index is 12.9. The van der Waals surface area contributed by atoms with Crippen molar-refractivity contribution in [2.75, 3.05) is 12.1 Å². The monoisotopic (exact) mass is 457 g/mol. The second-order valence-corrected chi connectivity index (χ2v) is 7.34. The summed E-state index contributed by atoms with van der Waals surface area (Å²) in [4.78, 5) is 36.7. The van der Waals surface area contributed by atoms with E-state index in [1.807, 2.05) is 6.07 Å². The van der Waals surface area contributed by atoms with Gasteiger partial charge in [-0.25, -0.2) is 9.97 Å². The summed E-state index contributed by atoms with van der Waals surface area (Å²) in [7, 11) is 0. The molecule has 1 aromatic carbocycles. The molecule has 1 aliphatic rings. The lowest BCUT2D eigenvalue weighted by atomic mass is 10.1. The largest absolute Gasteiger partial charge is 0.454 e. The van der Waals surface area contributed by atoms with Crippen LogP contribution in [0, 0.1) is 0 Å². The number of nitrogens with two attached hydrogens (primary N) is 1. The maximum Gasteiger partial charge on any atom is 0.242 e. The molecule has 4 rings (SSSR count). The fraction of sp³-hybridized carbons (Fsp3) is 0.250. The smallest absolute Gasteiger partial charge is 0.242 e. The fourth-order valence-electron chi connectivity index (χ4n) is 3.07. The Balaban J connectivity index is 1.47. The average molecular weight is 458 g/mol. The molecule has 0 radical (unpaired) electrons. The van der Waals surface area contributed by atoms with E-state index in [1.54, 1.807) is 29.1 Å². The molecule has 2 amide bonds. The number of hydrogen-bond donors (Lipinski definition) is 3. The van der Waals surface area contributed by atoms with E-state index >= 15 is 0 Å². The van der Waals surface area contributed by atoms with Crippen LogP contribution in [0.2, 0.25) is 5.15 Å². The number of primary amides is 1. The zero-order valence-corrected chi connectivity index (χ0v) is 17.6. The highest BCUT2D eigenvalue weighted by Crippen LogP contribution is 2.32. The van der Waals surface area contributed by atoms with Crippen molar-refractivity contribution in [3.05, 3.63) is 53.7 Å². The number of imidazole rings is 1. The molecular weight excluding hydrogens is 438 g/mol. The summed E-state index contributed by atoms with van der Waals surface area (Å²) in [6.45, 7) is 0.432. The first-order valence-corrected chi connectivity index (χ1v) is 10.1. The number of ether oxygens (including phenoxy) is 2. The van der Waals surface area contributed by atoms with Crippen LogP contribution in [0.5, 0.6) is 11.5 Å². The summed E-state index contributed by atoms with van der Waals surface area (Å²) in [6.07, 6.45) is 4.96. The molecule has 0 bridgehead atoms. The molecule has 11 nitrogen and oxygen atoms in total. The van der Waals surface area contributed by atoms with Gasteiger partial charge < -0.3 is 25.8 Å². The molecule has 1 aliphatic heterocycles. The Hall–Kier alpha value is -3.86. The van der Waals surface area contributed by atoms with Crippen molar-refractivity contribution in [2.24, 2.45) is 5.73 Å². The van der Waals surface area contributed by atoms with Crippen LogP contribution in [0.3, 0.4) is 0 Å².